The van der Waals surface area contributed by atoms with Crippen molar-refractivity contribution in [1.82, 2.24) is 0 Å². The summed E-state index contributed by atoms with van der Waals surface area (Å²) in [5, 5.41) is 11.0. The van der Waals surface area contributed by atoms with Crippen LogP contribution in [-0.2, 0) is 9.36 Å². The molecule has 0 heterocycles. The lowest BCUT2D eigenvalue weighted by atomic mass is 9.46. The molecule has 0 bridgehead atoms. The van der Waals surface area contributed by atoms with Crippen molar-refractivity contribution in [2.45, 2.75) is 70.8 Å². The summed E-state index contributed by atoms with van der Waals surface area (Å²) in [6.45, 7) is 4.63. The number of hydrogen-bond donors (Lipinski definition) is 4. The van der Waals surface area contributed by atoms with Crippen LogP contribution in [-0.4, -0.2) is 31.2 Å². The first-order chi connectivity index (χ1) is 12.8. The zero-order valence-electron chi connectivity index (χ0n) is 16.6. The molecule has 156 valence electrons. The molecule has 0 spiro atoms. The average Bonchev–Trinajstić information content (AvgIpc) is 2.86. The molecule has 28 heavy (non-hydrogen) atoms. The van der Waals surface area contributed by atoms with Crippen molar-refractivity contribution in [1.29, 1.82) is 0 Å². The number of fused-ring (bicyclic) bond motifs is 5. The third-order valence-electron chi connectivity index (χ3n) is 8.35. The number of phosphoric acid groups is 1. The maximum Gasteiger partial charge on any atom is 0.466 e. The molecule has 0 aromatic rings. The molecule has 0 aromatic heterocycles. The Morgan fingerprint density at radius 3 is 2.29 bits per heavy atom. The molecule has 3 fully saturated rings. The van der Waals surface area contributed by atoms with Gasteiger partial charge in [-0.3, -0.25) is 4.79 Å². The molecule has 0 amide bonds. The highest BCUT2D eigenvalue weighted by Gasteiger charge is 2.63. The van der Waals surface area contributed by atoms with E-state index in [0.29, 0.717) is 30.0 Å². The van der Waals surface area contributed by atoms with E-state index in [9.17, 15) is 9.90 Å². The minimum absolute atomic E-state index is 0.120. The van der Waals surface area contributed by atoms with Crippen LogP contribution >= 0.6 is 7.82 Å². The molecule has 3 saturated carbocycles. The van der Waals surface area contributed by atoms with Gasteiger partial charge in [-0.15, -0.1) is 6.42 Å². The van der Waals surface area contributed by atoms with Crippen LogP contribution in [0.15, 0.2) is 11.6 Å². The number of carbonyl (C=O) groups is 1. The number of hydrogen-bond acceptors (Lipinski definition) is 3. The molecule has 6 nitrogen and oxygen atoms in total. The van der Waals surface area contributed by atoms with Gasteiger partial charge in [0, 0.05) is 11.8 Å². The molecular formula is C21H31O6P. The number of ketones is 1. The number of terminal acetylenes is 1. The molecule has 0 saturated heterocycles. The SMILES string of the molecule is C#C[C@]1(O)CC[C@H]2[C@@H]3CCC4=CC(=O)CC[C@]4(C)[C@H]3CC[C@@]21C.O=P(O)(O)O. The van der Waals surface area contributed by atoms with Gasteiger partial charge in [-0.05, 0) is 74.2 Å². The fourth-order valence-electron chi connectivity index (χ4n) is 6.81. The van der Waals surface area contributed by atoms with Gasteiger partial charge >= 0.3 is 7.82 Å². The standard InChI is InChI=1S/C21H28O2.H3O4P/c1-4-21(23)12-9-18-16-6-5-14-13-15(22)7-10-19(14,2)17(16)8-11-20(18,21)3;1-5(2,3)4/h1,13,16-18,23H,5-12H2,2-3H3;(H3,1,2,3,4)/t16-,17+,18+,19+,20+,21+;/m1./s1. The van der Waals surface area contributed by atoms with E-state index in [1.807, 2.05) is 6.08 Å². The normalized spacial score (nSPS) is 44.8. The Balaban J connectivity index is 0.000000403. The Morgan fingerprint density at radius 1 is 1.07 bits per heavy atom. The molecule has 6 atom stereocenters. The van der Waals surface area contributed by atoms with Gasteiger partial charge in [0.2, 0.25) is 0 Å². The van der Waals surface area contributed by atoms with Crippen LogP contribution in [0.4, 0.5) is 0 Å². The lowest BCUT2D eigenvalue weighted by molar-refractivity contribution is -0.119. The molecule has 0 unspecified atom stereocenters. The fourth-order valence-corrected chi connectivity index (χ4v) is 6.81. The lowest BCUT2D eigenvalue weighted by Gasteiger charge is -2.58. The Morgan fingerprint density at radius 2 is 1.68 bits per heavy atom. The number of allylic oxidation sites excluding steroid dienone is 1. The monoisotopic (exact) mass is 410 g/mol. The van der Waals surface area contributed by atoms with Gasteiger partial charge in [-0.2, -0.15) is 0 Å². The second-order valence-corrected chi connectivity index (χ2v) is 10.5. The molecular weight excluding hydrogens is 379 g/mol. The summed E-state index contributed by atoms with van der Waals surface area (Å²) >= 11 is 0. The van der Waals surface area contributed by atoms with E-state index in [0.717, 1.165) is 38.5 Å². The fraction of sp³-hybridized carbons (Fsp3) is 0.762. The highest BCUT2D eigenvalue weighted by molar-refractivity contribution is 7.45. The summed E-state index contributed by atoms with van der Waals surface area (Å²) in [6.07, 6.45) is 15.6. The zero-order chi connectivity index (χ0) is 21.0. The lowest BCUT2D eigenvalue weighted by Crippen LogP contribution is -2.54. The molecule has 0 aliphatic heterocycles. The first kappa shape index (κ1) is 21.7. The Bertz CT molecular complexity index is 770. The second kappa shape index (κ2) is 7.07. The van der Waals surface area contributed by atoms with Gasteiger partial charge in [-0.1, -0.05) is 25.3 Å². The van der Waals surface area contributed by atoms with Gasteiger partial charge < -0.3 is 19.8 Å². The first-order valence-electron chi connectivity index (χ1n) is 10.1. The number of carbonyl (C=O) groups excluding carboxylic acids is 1. The van der Waals surface area contributed by atoms with E-state index in [1.54, 1.807) is 0 Å². The van der Waals surface area contributed by atoms with Gasteiger partial charge in [0.25, 0.3) is 0 Å². The van der Waals surface area contributed by atoms with Crippen molar-refractivity contribution in [3.05, 3.63) is 11.6 Å². The van der Waals surface area contributed by atoms with Crippen molar-refractivity contribution < 1.29 is 29.1 Å². The molecule has 7 heteroatoms. The van der Waals surface area contributed by atoms with Crippen molar-refractivity contribution in [2.24, 2.45) is 28.6 Å². The largest absolute Gasteiger partial charge is 0.466 e. The second-order valence-electron chi connectivity index (χ2n) is 9.48. The zero-order valence-corrected chi connectivity index (χ0v) is 17.5. The summed E-state index contributed by atoms with van der Waals surface area (Å²) in [6, 6.07) is 0. The quantitative estimate of drug-likeness (QED) is 0.361. The van der Waals surface area contributed by atoms with Crippen LogP contribution in [0.2, 0.25) is 0 Å². The van der Waals surface area contributed by atoms with Crippen LogP contribution in [0, 0.1) is 40.9 Å². The Kier molecular flexibility index (Phi) is 5.49. The van der Waals surface area contributed by atoms with Gasteiger partial charge in [0.1, 0.15) is 5.60 Å². The Labute approximate surface area is 166 Å². The third-order valence-corrected chi connectivity index (χ3v) is 8.35. The maximum atomic E-state index is 11.8. The smallest absolute Gasteiger partial charge is 0.377 e. The summed E-state index contributed by atoms with van der Waals surface area (Å²) in [7, 11) is -4.64. The summed E-state index contributed by atoms with van der Waals surface area (Å²) in [4.78, 5) is 33.4. The van der Waals surface area contributed by atoms with Crippen molar-refractivity contribution in [3.63, 3.8) is 0 Å². The third kappa shape index (κ3) is 3.53. The summed E-state index contributed by atoms with van der Waals surface area (Å²) in [5.41, 5.74) is 0.575. The minimum atomic E-state index is -4.64. The highest BCUT2D eigenvalue weighted by Crippen LogP contribution is 2.67. The molecule has 4 N–H and O–H groups in total. The summed E-state index contributed by atoms with van der Waals surface area (Å²) < 4.78 is 8.88. The Hall–Kier alpha value is -0.960. The van der Waals surface area contributed by atoms with Crippen LogP contribution in [0.1, 0.15) is 65.2 Å². The molecule has 0 aromatic carbocycles. The predicted octanol–water partition coefficient (Wildman–Crippen LogP) is 2.95. The van der Waals surface area contributed by atoms with Crippen LogP contribution in [0.5, 0.6) is 0 Å². The van der Waals surface area contributed by atoms with Gasteiger partial charge in [0.05, 0.1) is 0 Å². The first-order valence-corrected chi connectivity index (χ1v) is 11.6. The van der Waals surface area contributed by atoms with E-state index >= 15 is 0 Å². The highest BCUT2D eigenvalue weighted by atomic mass is 31.2. The van der Waals surface area contributed by atoms with E-state index < -0.39 is 13.4 Å². The van der Waals surface area contributed by atoms with Crippen LogP contribution in [0.3, 0.4) is 0 Å². The average molecular weight is 410 g/mol. The summed E-state index contributed by atoms with van der Waals surface area (Å²) in [5.74, 6) is 4.93. The molecule has 0 radical (unpaired) electrons. The number of rotatable bonds is 0. The van der Waals surface area contributed by atoms with E-state index in [1.165, 1.54) is 12.0 Å². The molecule has 4 aliphatic rings. The van der Waals surface area contributed by atoms with Crippen molar-refractivity contribution in [2.75, 3.05) is 0 Å². The van der Waals surface area contributed by atoms with E-state index in [2.05, 4.69) is 19.8 Å². The van der Waals surface area contributed by atoms with Crippen LogP contribution < -0.4 is 0 Å². The van der Waals surface area contributed by atoms with Crippen molar-refractivity contribution in [3.8, 4) is 12.3 Å². The number of aliphatic hydroxyl groups is 1. The van der Waals surface area contributed by atoms with Gasteiger partial charge in [-0.25, -0.2) is 4.57 Å². The van der Waals surface area contributed by atoms with Crippen LogP contribution in [0.25, 0.3) is 0 Å². The van der Waals surface area contributed by atoms with Crippen molar-refractivity contribution >= 4 is 13.6 Å². The van der Waals surface area contributed by atoms with E-state index in [-0.39, 0.29) is 10.8 Å². The minimum Gasteiger partial charge on any atom is -0.377 e. The maximum absolute atomic E-state index is 11.8. The molecule has 4 rings (SSSR count). The van der Waals surface area contributed by atoms with E-state index in [4.69, 9.17) is 25.7 Å². The molecule has 4 aliphatic carbocycles. The topological polar surface area (TPSA) is 115 Å². The van der Waals surface area contributed by atoms with Gasteiger partial charge in [0.15, 0.2) is 5.78 Å². The predicted molar refractivity (Wildman–Crippen MR) is 105 cm³/mol.